The van der Waals surface area contributed by atoms with Crippen LogP contribution in [0.25, 0.3) is 11.1 Å². The van der Waals surface area contributed by atoms with Gasteiger partial charge < -0.3 is 14.1 Å². The quantitative estimate of drug-likeness (QED) is 0.0875. The van der Waals surface area contributed by atoms with Crippen molar-refractivity contribution in [2.75, 3.05) is 0 Å². The Morgan fingerprint density at radius 2 is 1.23 bits per heavy atom. The third kappa shape index (κ3) is 8.06. The molecule has 0 spiro atoms. The number of hydrogen-bond acceptors (Lipinski definition) is 8. The summed E-state index contributed by atoms with van der Waals surface area (Å²) in [6.07, 6.45) is 13.8. The SMILES string of the molecule is O=S(=O)(O)c1ccc(CCC2([PH+](C3CCCCC3)C3CCCCC3)c3ccccc3-c3ccc(S(=O)(=O)O)cc32)cc1.O=S([O-])O[O-]. The third-order valence-corrected chi connectivity index (χ3v) is 16.6. The van der Waals surface area contributed by atoms with Gasteiger partial charge in [-0.3, -0.25) is 9.11 Å². The molecule has 47 heavy (non-hydrogen) atoms. The zero-order chi connectivity index (χ0) is 33.8. The lowest BCUT2D eigenvalue weighted by atomic mass is 9.89. The van der Waals surface area contributed by atoms with Crippen LogP contribution in [0, 0.1) is 0 Å². The van der Waals surface area contributed by atoms with E-state index in [1.54, 1.807) is 18.2 Å². The van der Waals surface area contributed by atoms with Crippen LogP contribution in [0.15, 0.2) is 76.5 Å². The first kappa shape index (κ1) is 36.2. The molecule has 2 N–H and O–H groups in total. The highest BCUT2D eigenvalue weighted by Crippen LogP contribution is 2.74. The summed E-state index contributed by atoms with van der Waals surface area (Å²) in [5.41, 5.74) is 6.75. The fraction of sp³-hybridized carbons (Fsp3) is 0.455. The van der Waals surface area contributed by atoms with Gasteiger partial charge in [-0.15, -0.1) is 0 Å². The maximum absolute atomic E-state index is 12.5. The van der Waals surface area contributed by atoms with Crippen molar-refractivity contribution in [1.82, 2.24) is 0 Å². The zero-order valence-corrected chi connectivity index (χ0v) is 29.3. The normalized spacial score (nSPS) is 21.0. The van der Waals surface area contributed by atoms with Crippen LogP contribution in [-0.2, 0) is 47.5 Å². The molecule has 0 saturated heterocycles. The average Bonchev–Trinajstić information content (AvgIpc) is 3.34. The van der Waals surface area contributed by atoms with Crippen molar-refractivity contribution in [2.45, 2.75) is 103 Å². The van der Waals surface area contributed by atoms with Crippen molar-refractivity contribution < 1.29 is 44.3 Å². The topological polar surface area (TPSA) is 181 Å². The predicted molar refractivity (Wildman–Crippen MR) is 179 cm³/mol. The Labute approximate surface area is 280 Å². The van der Waals surface area contributed by atoms with Crippen LogP contribution in [0.2, 0.25) is 0 Å². The van der Waals surface area contributed by atoms with Gasteiger partial charge in [-0.25, -0.2) is 4.21 Å². The van der Waals surface area contributed by atoms with Crippen LogP contribution < -0.4 is 5.26 Å². The standard InChI is InChI=1S/C33H39O6PS2.H2O4S/c34-41(35,36)27-17-15-24(16-18-27)21-22-33(40(25-9-3-1-4-10-25)26-11-5-2-6-12-26)31-14-8-7-13-29(31)30-20-19-28(23-32(30)33)42(37,38)39;1-4-5(2)3/h7-8,13-20,23,25-26H,1-6,9-12,21-22H2,(H,34,35,36)(H,37,38,39);1H,(H,2,3)/p-1. The molecule has 3 aromatic carbocycles. The maximum Gasteiger partial charge on any atom is 0.294 e. The van der Waals surface area contributed by atoms with E-state index in [9.17, 15) is 25.9 Å². The second-order valence-corrected chi connectivity index (χ2v) is 19.4. The van der Waals surface area contributed by atoms with Gasteiger partial charge in [0.05, 0.1) is 32.5 Å². The molecule has 2 saturated carbocycles. The van der Waals surface area contributed by atoms with Gasteiger partial charge in [0.1, 0.15) is 5.16 Å². The molecule has 3 aliphatic rings. The molecule has 3 aliphatic carbocycles. The van der Waals surface area contributed by atoms with Crippen LogP contribution in [0.5, 0.6) is 0 Å². The summed E-state index contributed by atoms with van der Waals surface area (Å²) in [5.74, 6) is 0. The van der Waals surface area contributed by atoms with Crippen molar-refractivity contribution in [3.63, 3.8) is 0 Å². The van der Waals surface area contributed by atoms with E-state index in [-0.39, 0.29) is 14.9 Å². The minimum absolute atomic E-state index is 0.0513. The maximum atomic E-state index is 12.5. The lowest BCUT2D eigenvalue weighted by Gasteiger charge is -2.44. The summed E-state index contributed by atoms with van der Waals surface area (Å²) < 4.78 is 88.1. The summed E-state index contributed by atoms with van der Waals surface area (Å²) in [4.78, 5) is -0.172. The van der Waals surface area contributed by atoms with Crippen molar-refractivity contribution >= 4 is 39.5 Å². The first-order chi connectivity index (χ1) is 22.4. The zero-order valence-electron chi connectivity index (χ0n) is 25.9. The molecule has 10 nitrogen and oxygen atoms in total. The van der Waals surface area contributed by atoms with Crippen molar-refractivity contribution in [3.05, 3.63) is 83.4 Å². The molecular weight excluding hydrogens is 684 g/mol. The highest BCUT2D eigenvalue weighted by Gasteiger charge is 2.59. The Bertz CT molecular complexity index is 1770. The number of benzene rings is 3. The number of fused-ring (bicyclic) bond motifs is 3. The fourth-order valence-electron chi connectivity index (χ4n) is 8.25. The molecular formula is C33H40O10PS3-. The minimum Gasteiger partial charge on any atom is -0.750 e. The first-order valence-electron chi connectivity index (χ1n) is 15.9. The largest absolute Gasteiger partial charge is 0.750 e. The molecule has 0 heterocycles. The second-order valence-electron chi connectivity index (χ2n) is 12.6. The molecule has 14 heteroatoms. The van der Waals surface area contributed by atoms with Gasteiger partial charge in [-0.2, -0.15) is 16.8 Å². The van der Waals surface area contributed by atoms with Gasteiger partial charge in [-0.1, -0.05) is 55.3 Å². The molecule has 0 aromatic heterocycles. The smallest absolute Gasteiger partial charge is 0.294 e. The average molecular weight is 724 g/mol. The summed E-state index contributed by atoms with van der Waals surface area (Å²) in [6, 6.07) is 20.2. The van der Waals surface area contributed by atoms with Crippen molar-refractivity contribution in [1.29, 1.82) is 0 Å². The van der Waals surface area contributed by atoms with E-state index in [4.69, 9.17) is 14.0 Å². The Morgan fingerprint density at radius 1 is 0.745 bits per heavy atom. The Kier molecular flexibility index (Phi) is 11.7. The summed E-state index contributed by atoms with van der Waals surface area (Å²) in [6.45, 7) is 0. The molecule has 256 valence electrons. The van der Waals surface area contributed by atoms with E-state index in [1.807, 2.05) is 6.07 Å². The van der Waals surface area contributed by atoms with Crippen molar-refractivity contribution in [2.24, 2.45) is 0 Å². The van der Waals surface area contributed by atoms with Gasteiger partial charge in [0.25, 0.3) is 20.2 Å². The van der Waals surface area contributed by atoms with Gasteiger partial charge >= 0.3 is 0 Å². The first-order valence-corrected chi connectivity index (χ1v) is 21.4. The van der Waals surface area contributed by atoms with E-state index in [1.165, 1.54) is 88.0 Å². The van der Waals surface area contributed by atoms with Crippen LogP contribution in [0.4, 0.5) is 0 Å². The van der Waals surface area contributed by atoms with E-state index in [0.29, 0.717) is 17.7 Å². The molecule has 3 aromatic rings. The highest BCUT2D eigenvalue weighted by molar-refractivity contribution is 7.86. The molecule has 0 radical (unpaired) electrons. The molecule has 0 amide bonds. The monoisotopic (exact) mass is 723 g/mol. The summed E-state index contributed by atoms with van der Waals surface area (Å²) >= 11 is -2.88. The van der Waals surface area contributed by atoms with Crippen LogP contribution in [0.1, 0.15) is 87.3 Å². The van der Waals surface area contributed by atoms with E-state index in [0.717, 1.165) is 28.7 Å². The minimum atomic E-state index is -4.39. The number of hydrogen-bond donors (Lipinski definition) is 2. The molecule has 0 bridgehead atoms. The number of aryl methyl sites for hydroxylation is 1. The van der Waals surface area contributed by atoms with Gasteiger partial charge in [-0.05, 0) is 105 Å². The Morgan fingerprint density at radius 3 is 1.74 bits per heavy atom. The van der Waals surface area contributed by atoms with Crippen LogP contribution in [0.3, 0.4) is 0 Å². The van der Waals surface area contributed by atoms with Gasteiger partial charge in [0.15, 0.2) is 0 Å². The summed E-state index contributed by atoms with van der Waals surface area (Å²) in [7, 11) is -9.85. The Hall–Kier alpha value is -2.06. The summed E-state index contributed by atoms with van der Waals surface area (Å²) in [5, 5.41) is 8.16. The molecule has 2 unspecified atom stereocenters. The number of rotatable bonds is 9. The van der Waals surface area contributed by atoms with Crippen LogP contribution in [-0.4, -0.2) is 46.0 Å². The van der Waals surface area contributed by atoms with E-state index < -0.39 is 39.5 Å². The molecule has 6 rings (SSSR count). The van der Waals surface area contributed by atoms with Crippen LogP contribution >= 0.6 is 7.92 Å². The molecule has 2 atom stereocenters. The second kappa shape index (κ2) is 15.2. The van der Waals surface area contributed by atoms with E-state index >= 15 is 0 Å². The van der Waals surface area contributed by atoms with Gasteiger partial charge in [0.2, 0.25) is 0 Å². The Balaban J connectivity index is 0.000000807. The predicted octanol–water partition coefficient (Wildman–Crippen LogP) is 5.99. The van der Waals surface area contributed by atoms with Crippen molar-refractivity contribution in [3.8, 4) is 11.1 Å². The fourth-order valence-corrected chi connectivity index (χ4v) is 14.8. The van der Waals surface area contributed by atoms with Gasteiger partial charge in [0, 0.05) is 19.0 Å². The highest BCUT2D eigenvalue weighted by atomic mass is 32.2. The lowest BCUT2D eigenvalue weighted by Crippen LogP contribution is -2.35. The molecule has 0 aliphatic heterocycles. The third-order valence-electron chi connectivity index (χ3n) is 10.1. The van der Waals surface area contributed by atoms with E-state index in [2.05, 4.69) is 28.6 Å². The lowest BCUT2D eigenvalue weighted by molar-refractivity contribution is -0.635. The molecule has 2 fully saturated rings.